The van der Waals surface area contributed by atoms with Crippen molar-refractivity contribution in [3.05, 3.63) is 44.6 Å². The number of hydrogen-bond donors (Lipinski definition) is 7. The number of ether oxygens (including phenoxy) is 3. The van der Waals surface area contributed by atoms with E-state index in [1.54, 1.807) is 0 Å². The highest BCUT2D eigenvalue weighted by Crippen LogP contribution is 2.36. The molecule has 3 aliphatic rings. The predicted octanol–water partition coefficient (Wildman–Crippen LogP) is -4.92. The first-order valence-corrected chi connectivity index (χ1v) is 12.4. The van der Waals surface area contributed by atoms with Crippen molar-refractivity contribution in [1.29, 1.82) is 0 Å². The van der Waals surface area contributed by atoms with E-state index in [2.05, 4.69) is 0 Å². The van der Waals surface area contributed by atoms with Gasteiger partial charge < -0.3 is 50.4 Å². The molecule has 1 aromatic heterocycles. The molecule has 4 heterocycles. The minimum Gasteiger partial charge on any atom is -0.509 e. The average Bonchev–Trinajstić information content (AvgIpc) is 3.29. The number of aliphatic hydroxyl groups is 5. The number of aromatic nitrogens is 2. The van der Waals surface area contributed by atoms with E-state index in [4.69, 9.17) is 19.9 Å². The van der Waals surface area contributed by atoms with E-state index in [1.165, 1.54) is 19.0 Å². The van der Waals surface area contributed by atoms with Gasteiger partial charge in [0.2, 0.25) is 5.91 Å². The molecule has 0 bridgehead atoms. The van der Waals surface area contributed by atoms with Crippen LogP contribution in [0.25, 0.3) is 0 Å². The molecule has 222 valence electrons. The average molecular weight is 572 g/mol. The third kappa shape index (κ3) is 5.22. The Morgan fingerprint density at radius 3 is 2.38 bits per heavy atom. The molecular weight excluding hydrogens is 538 g/mol. The molecule has 40 heavy (non-hydrogen) atoms. The van der Waals surface area contributed by atoms with Gasteiger partial charge in [0.05, 0.1) is 6.54 Å². The van der Waals surface area contributed by atoms with E-state index in [0.717, 1.165) is 28.7 Å². The summed E-state index contributed by atoms with van der Waals surface area (Å²) in [6.45, 7) is 0.644. The molecule has 2 saturated heterocycles. The number of Topliss-reactive ketones (excluding diaryl/α,β-unsaturated/α-hetero) is 1. The Kier molecular flexibility index (Phi) is 8.60. The second kappa shape index (κ2) is 11.5. The molecule has 0 spiro atoms. The van der Waals surface area contributed by atoms with Gasteiger partial charge in [-0.2, -0.15) is 0 Å². The van der Waals surface area contributed by atoms with Crippen molar-refractivity contribution < 1.29 is 49.3 Å². The lowest BCUT2D eigenvalue weighted by atomic mass is 9.97. The molecule has 4 rings (SSSR count). The smallest absolute Gasteiger partial charge is 0.330 e. The quantitative estimate of drug-likeness (QED) is 0.162. The summed E-state index contributed by atoms with van der Waals surface area (Å²) >= 11 is 0. The van der Waals surface area contributed by atoms with Crippen molar-refractivity contribution >= 4 is 11.7 Å². The number of aromatic amines is 1. The van der Waals surface area contributed by atoms with Crippen LogP contribution in [0.1, 0.15) is 13.2 Å². The van der Waals surface area contributed by atoms with E-state index in [-0.39, 0.29) is 18.8 Å². The second-order valence-electron chi connectivity index (χ2n) is 9.96. The van der Waals surface area contributed by atoms with Crippen LogP contribution in [0, 0.1) is 0 Å². The van der Waals surface area contributed by atoms with Crippen molar-refractivity contribution in [1.82, 2.24) is 19.4 Å². The van der Waals surface area contributed by atoms with Crippen molar-refractivity contribution in [2.75, 3.05) is 27.2 Å². The van der Waals surface area contributed by atoms with Crippen LogP contribution in [-0.2, 0) is 23.8 Å². The molecule has 0 saturated carbocycles. The number of amides is 1. The fourth-order valence-corrected chi connectivity index (χ4v) is 5.25. The Morgan fingerprint density at radius 1 is 1.12 bits per heavy atom. The lowest BCUT2D eigenvalue weighted by Gasteiger charge is -2.38. The van der Waals surface area contributed by atoms with Crippen LogP contribution in [-0.4, -0.2) is 139 Å². The molecule has 0 aliphatic carbocycles. The van der Waals surface area contributed by atoms with Gasteiger partial charge >= 0.3 is 5.69 Å². The van der Waals surface area contributed by atoms with Gasteiger partial charge in [-0.05, 0) is 7.05 Å². The first-order valence-electron chi connectivity index (χ1n) is 12.4. The van der Waals surface area contributed by atoms with Gasteiger partial charge in [-0.3, -0.25) is 28.8 Å². The normalized spacial score (nSPS) is 36.2. The number of likely N-dealkylation sites (N-methyl/N-ethyl adjacent to an activating group) is 2. The number of nitrogens with one attached hydrogen (secondary N) is 1. The zero-order valence-electron chi connectivity index (χ0n) is 21.9. The number of rotatable bonds is 7. The maximum absolute atomic E-state index is 13.7. The van der Waals surface area contributed by atoms with Crippen LogP contribution in [0.2, 0.25) is 0 Å². The van der Waals surface area contributed by atoms with Gasteiger partial charge in [0.15, 0.2) is 18.3 Å². The molecule has 10 atom stereocenters. The van der Waals surface area contributed by atoms with Gasteiger partial charge in [0, 0.05) is 32.8 Å². The van der Waals surface area contributed by atoms with Crippen LogP contribution < -0.4 is 17.0 Å². The first-order chi connectivity index (χ1) is 18.8. The number of carbonyl (C=O) groups is 2. The van der Waals surface area contributed by atoms with Gasteiger partial charge in [-0.1, -0.05) is 0 Å². The van der Waals surface area contributed by atoms with Crippen LogP contribution >= 0.6 is 0 Å². The number of H-pyrrole nitrogens is 1. The Morgan fingerprint density at radius 2 is 1.80 bits per heavy atom. The fraction of sp³-hybridized carbons (Fsp3) is 0.652. The molecular formula is C23H33N5O12. The molecule has 17 nitrogen and oxygen atoms in total. The topological polar surface area (TPSA) is 250 Å². The highest BCUT2D eigenvalue weighted by Gasteiger charge is 2.55. The summed E-state index contributed by atoms with van der Waals surface area (Å²) in [6, 6.07) is -0.441. The minimum absolute atomic E-state index is 0.189. The van der Waals surface area contributed by atoms with Crippen LogP contribution in [0.4, 0.5) is 0 Å². The molecule has 0 radical (unpaired) electrons. The molecule has 9 unspecified atom stereocenters. The minimum atomic E-state index is -1.80. The van der Waals surface area contributed by atoms with Crippen molar-refractivity contribution in [2.24, 2.45) is 5.73 Å². The van der Waals surface area contributed by atoms with Gasteiger partial charge in [0.1, 0.15) is 60.2 Å². The highest BCUT2D eigenvalue weighted by atomic mass is 16.7. The summed E-state index contributed by atoms with van der Waals surface area (Å²) in [4.78, 5) is 54.1. The third-order valence-corrected chi connectivity index (χ3v) is 7.28. The first kappa shape index (κ1) is 30.0. The van der Waals surface area contributed by atoms with Crippen LogP contribution in [0.5, 0.6) is 0 Å². The summed E-state index contributed by atoms with van der Waals surface area (Å²) in [6.07, 6.45) is -13.0. The summed E-state index contributed by atoms with van der Waals surface area (Å²) < 4.78 is 18.2. The Labute approximate surface area is 226 Å². The van der Waals surface area contributed by atoms with E-state index >= 15 is 0 Å². The zero-order valence-corrected chi connectivity index (χ0v) is 21.9. The summed E-state index contributed by atoms with van der Waals surface area (Å²) in [7, 11) is 2.66. The molecule has 2 fully saturated rings. The number of allylic oxidation sites excluding steroid dienone is 1. The van der Waals surface area contributed by atoms with Gasteiger partial charge in [0.25, 0.3) is 5.56 Å². The van der Waals surface area contributed by atoms with E-state index < -0.39 is 90.0 Å². The number of ketones is 1. The zero-order chi connectivity index (χ0) is 29.6. The Balaban J connectivity index is 1.75. The highest BCUT2D eigenvalue weighted by molar-refractivity contribution is 5.99. The maximum Gasteiger partial charge on any atom is 0.330 e. The number of carbonyl (C=O) groups excluding carboxylic acids is 2. The van der Waals surface area contributed by atoms with Gasteiger partial charge in [-0.15, -0.1) is 0 Å². The lowest BCUT2D eigenvalue weighted by Crippen LogP contribution is -2.59. The van der Waals surface area contributed by atoms with Crippen molar-refractivity contribution in [2.45, 2.75) is 68.2 Å². The van der Waals surface area contributed by atoms with Gasteiger partial charge in [-0.25, -0.2) is 4.79 Å². The predicted molar refractivity (Wildman–Crippen MR) is 131 cm³/mol. The molecule has 8 N–H and O–H groups in total. The van der Waals surface area contributed by atoms with Crippen LogP contribution in [0.3, 0.4) is 0 Å². The summed E-state index contributed by atoms with van der Waals surface area (Å²) in [5, 5.41) is 53.3. The van der Waals surface area contributed by atoms with Crippen LogP contribution in [0.15, 0.2) is 33.3 Å². The standard InChI is InChI=1S/C23H33N5O12/c1-8(29)12-9(30)7-26(2)13(20(36)27(12)3)18(40-22-17(35)14(32)10(6-24)38-22)19-15(33)16(34)21(39-19)28-5-4-11(31)25-23(28)37/h4-5,10,13-19,21-22,30,32-35H,6-7,24H2,1-3H3,(H,25,31,37)/t10?,13?,14?,15?,16?,17?,18-,19?,21?,22?/m0/s1. The van der Waals surface area contributed by atoms with Crippen molar-refractivity contribution in [3.8, 4) is 0 Å². The Bertz CT molecular complexity index is 1280. The molecule has 0 aromatic carbocycles. The second-order valence-corrected chi connectivity index (χ2v) is 9.96. The van der Waals surface area contributed by atoms with E-state index in [9.17, 15) is 44.7 Å². The molecule has 1 aromatic rings. The van der Waals surface area contributed by atoms with E-state index in [0.29, 0.717) is 0 Å². The number of aliphatic hydroxyl groups excluding tert-OH is 5. The third-order valence-electron chi connectivity index (χ3n) is 7.28. The lowest BCUT2D eigenvalue weighted by molar-refractivity contribution is -0.233. The molecule has 3 aliphatic heterocycles. The van der Waals surface area contributed by atoms with Crippen molar-refractivity contribution in [3.63, 3.8) is 0 Å². The Hall–Kier alpha value is -3.00. The number of nitrogens with zero attached hydrogens (tertiary/aromatic N) is 3. The molecule has 17 heteroatoms. The summed E-state index contributed by atoms with van der Waals surface area (Å²) in [5.41, 5.74) is 3.65. The fourth-order valence-electron chi connectivity index (χ4n) is 5.25. The molecule has 1 amide bonds. The SMILES string of the molecule is CC(=O)C1=C(O)CN(C)C([C@H](OC2OC(CN)C(O)C2O)C2OC(n3ccc(=O)[nH]c3=O)C(O)C2O)C(=O)N1C. The largest absolute Gasteiger partial charge is 0.509 e. The van der Waals surface area contributed by atoms with E-state index in [1.807, 2.05) is 4.98 Å². The number of nitrogens with two attached hydrogens (primary N) is 1. The number of hydrogen-bond acceptors (Lipinski definition) is 14. The summed E-state index contributed by atoms with van der Waals surface area (Å²) in [5.74, 6) is -1.82. The monoisotopic (exact) mass is 571 g/mol. The maximum atomic E-state index is 13.7.